The molecule has 0 aliphatic heterocycles. The van der Waals surface area contributed by atoms with Crippen molar-refractivity contribution in [3.63, 3.8) is 0 Å². The molecule has 0 aliphatic rings. The predicted octanol–water partition coefficient (Wildman–Crippen LogP) is 1.49. The van der Waals surface area contributed by atoms with Crippen LogP contribution >= 0.6 is 0 Å². The number of H-pyrrole nitrogens is 1. The molecule has 0 fully saturated rings. The summed E-state index contributed by atoms with van der Waals surface area (Å²) in [5, 5.41) is 3.06. The van der Waals surface area contributed by atoms with Crippen LogP contribution in [0.3, 0.4) is 0 Å². The first kappa shape index (κ1) is 9.45. The van der Waals surface area contributed by atoms with E-state index in [1.54, 1.807) is 12.1 Å². The molecule has 0 unspecified atom stereocenters. The van der Waals surface area contributed by atoms with Crippen LogP contribution in [-0.4, -0.2) is 10.9 Å². The van der Waals surface area contributed by atoms with Crippen LogP contribution in [0.25, 0.3) is 10.9 Å². The van der Waals surface area contributed by atoms with Crippen molar-refractivity contribution in [1.29, 1.82) is 0 Å². The van der Waals surface area contributed by atoms with Crippen LogP contribution < -0.4 is 10.7 Å². The Morgan fingerprint density at radius 3 is 2.80 bits per heavy atom. The molecule has 2 rings (SSSR count). The van der Waals surface area contributed by atoms with Crippen LogP contribution in [0, 0.1) is 0 Å². The molecule has 1 amide bonds. The largest absolute Gasteiger partial charge is 0.359 e. The highest BCUT2D eigenvalue weighted by atomic mass is 16.2. The number of amides is 1. The van der Waals surface area contributed by atoms with E-state index in [0.717, 1.165) is 5.52 Å². The van der Waals surface area contributed by atoms with Crippen LogP contribution in [0.1, 0.15) is 6.92 Å². The zero-order chi connectivity index (χ0) is 10.8. The van der Waals surface area contributed by atoms with Gasteiger partial charge in [0.15, 0.2) is 0 Å². The molecule has 0 radical (unpaired) electrons. The maximum atomic E-state index is 11.8. The number of hydrogen-bond donors (Lipinski definition) is 2. The van der Waals surface area contributed by atoms with Crippen molar-refractivity contribution in [3.8, 4) is 0 Å². The molecule has 0 bridgehead atoms. The number of hydrogen-bond acceptors (Lipinski definition) is 2. The van der Waals surface area contributed by atoms with Crippen molar-refractivity contribution < 1.29 is 4.79 Å². The number of anilines is 1. The van der Waals surface area contributed by atoms with Gasteiger partial charge in [-0.1, -0.05) is 12.1 Å². The fraction of sp³-hybridized carbons (Fsp3) is 0.0909. The Morgan fingerprint density at radius 1 is 1.33 bits per heavy atom. The van der Waals surface area contributed by atoms with E-state index in [2.05, 4.69) is 10.3 Å². The second-order valence-electron chi connectivity index (χ2n) is 3.26. The molecular weight excluding hydrogens is 192 g/mol. The molecular formula is C11H10N2O2. The van der Waals surface area contributed by atoms with Crippen molar-refractivity contribution in [1.82, 2.24) is 4.98 Å². The van der Waals surface area contributed by atoms with Crippen molar-refractivity contribution in [2.24, 2.45) is 0 Å². The number of aromatic nitrogens is 1. The normalized spacial score (nSPS) is 10.2. The molecule has 0 saturated carbocycles. The van der Waals surface area contributed by atoms with Crippen LogP contribution in [0.5, 0.6) is 0 Å². The van der Waals surface area contributed by atoms with Gasteiger partial charge >= 0.3 is 0 Å². The Morgan fingerprint density at radius 2 is 2.07 bits per heavy atom. The molecule has 4 heteroatoms. The molecule has 4 nitrogen and oxygen atoms in total. The van der Waals surface area contributed by atoms with Crippen molar-refractivity contribution in [2.75, 3.05) is 5.32 Å². The van der Waals surface area contributed by atoms with Crippen molar-refractivity contribution in [3.05, 3.63) is 40.7 Å². The summed E-state index contributed by atoms with van der Waals surface area (Å²) in [4.78, 5) is 25.6. The summed E-state index contributed by atoms with van der Waals surface area (Å²) in [6.07, 6.45) is 1.51. The highest BCUT2D eigenvalue weighted by Gasteiger charge is 2.04. The van der Waals surface area contributed by atoms with Gasteiger partial charge < -0.3 is 10.3 Å². The van der Waals surface area contributed by atoms with Crippen LogP contribution in [0.4, 0.5) is 5.69 Å². The fourth-order valence-electron chi connectivity index (χ4n) is 1.45. The summed E-state index contributed by atoms with van der Waals surface area (Å²) in [6.45, 7) is 1.37. The number of para-hydroxylation sites is 1. The topological polar surface area (TPSA) is 62.0 Å². The number of pyridine rings is 1. The average Bonchev–Trinajstić information content (AvgIpc) is 2.22. The van der Waals surface area contributed by atoms with Crippen molar-refractivity contribution >= 4 is 22.5 Å². The average molecular weight is 202 g/mol. The van der Waals surface area contributed by atoms with E-state index in [0.29, 0.717) is 5.39 Å². The summed E-state index contributed by atoms with van der Waals surface area (Å²) in [5.41, 5.74) is 0.873. The molecule has 76 valence electrons. The number of aromatic amines is 1. The zero-order valence-electron chi connectivity index (χ0n) is 8.20. The Kier molecular flexibility index (Phi) is 2.25. The van der Waals surface area contributed by atoms with E-state index in [1.165, 1.54) is 13.1 Å². The minimum absolute atomic E-state index is 0.167. The molecule has 1 aromatic heterocycles. The van der Waals surface area contributed by atoms with Gasteiger partial charge in [0, 0.05) is 24.0 Å². The van der Waals surface area contributed by atoms with E-state index in [4.69, 9.17) is 0 Å². The molecule has 0 saturated heterocycles. The summed E-state index contributed by atoms with van der Waals surface area (Å²) in [5.74, 6) is -0.254. The second kappa shape index (κ2) is 3.57. The first-order valence-corrected chi connectivity index (χ1v) is 4.56. The number of fused-ring (bicyclic) bond motifs is 1. The molecule has 0 aliphatic carbocycles. The fourth-order valence-corrected chi connectivity index (χ4v) is 1.45. The summed E-state index contributed by atoms with van der Waals surface area (Å²) < 4.78 is 0. The van der Waals surface area contributed by atoms with Gasteiger partial charge in [-0.25, -0.2) is 0 Å². The summed E-state index contributed by atoms with van der Waals surface area (Å²) in [6, 6.07) is 7.17. The molecule has 1 heterocycles. The molecule has 2 N–H and O–H groups in total. The van der Waals surface area contributed by atoms with Gasteiger partial charge in [-0.2, -0.15) is 0 Å². The van der Waals surface area contributed by atoms with E-state index in [9.17, 15) is 9.59 Å². The van der Waals surface area contributed by atoms with Gasteiger partial charge in [0.05, 0.1) is 0 Å². The molecule has 2 aromatic rings. The Hall–Kier alpha value is -2.10. The van der Waals surface area contributed by atoms with E-state index in [1.807, 2.05) is 12.1 Å². The maximum Gasteiger partial charge on any atom is 0.221 e. The zero-order valence-corrected chi connectivity index (χ0v) is 8.20. The maximum absolute atomic E-state index is 11.8. The number of rotatable bonds is 1. The minimum atomic E-state index is -0.254. The molecule has 15 heavy (non-hydrogen) atoms. The number of carbonyl (C=O) groups is 1. The lowest BCUT2D eigenvalue weighted by molar-refractivity contribution is -0.114. The summed E-state index contributed by atoms with van der Waals surface area (Å²) >= 11 is 0. The lowest BCUT2D eigenvalue weighted by Crippen LogP contribution is -2.15. The molecule has 1 aromatic carbocycles. The third-order valence-corrected chi connectivity index (χ3v) is 2.10. The Labute approximate surface area is 85.9 Å². The van der Waals surface area contributed by atoms with E-state index < -0.39 is 0 Å². The highest BCUT2D eigenvalue weighted by molar-refractivity contribution is 5.91. The van der Waals surface area contributed by atoms with Gasteiger partial charge in [0.25, 0.3) is 0 Å². The SMILES string of the molecule is CC(=O)Nc1c[nH]c2ccccc2c1=O. The third kappa shape index (κ3) is 1.74. The monoisotopic (exact) mass is 202 g/mol. The van der Waals surface area contributed by atoms with E-state index >= 15 is 0 Å². The summed E-state index contributed by atoms with van der Waals surface area (Å²) in [7, 11) is 0. The smallest absolute Gasteiger partial charge is 0.221 e. The third-order valence-electron chi connectivity index (χ3n) is 2.10. The minimum Gasteiger partial charge on any atom is -0.359 e. The predicted molar refractivity (Wildman–Crippen MR) is 58.9 cm³/mol. The van der Waals surface area contributed by atoms with Gasteiger partial charge in [0.1, 0.15) is 5.69 Å². The molecule has 0 spiro atoms. The van der Waals surface area contributed by atoms with Gasteiger partial charge in [-0.05, 0) is 12.1 Å². The quantitative estimate of drug-likeness (QED) is 0.735. The number of benzene rings is 1. The first-order valence-electron chi connectivity index (χ1n) is 4.56. The molecule has 0 atom stereocenters. The Bertz CT molecular complexity index is 572. The lowest BCUT2D eigenvalue weighted by atomic mass is 10.2. The van der Waals surface area contributed by atoms with Crippen LogP contribution in [-0.2, 0) is 4.79 Å². The Balaban J connectivity index is 2.65. The van der Waals surface area contributed by atoms with Crippen LogP contribution in [0.2, 0.25) is 0 Å². The van der Waals surface area contributed by atoms with Crippen molar-refractivity contribution in [2.45, 2.75) is 6.92 Å². The van der Waals surface area contributed by atoms with Gasteiger partial charge in [-0.3, -0.25) is 9.59 Å². The van der Waals surface area contributed by atoms with E-state index in [-0.39, 0.29) is 17.0 Å². The van der Waals surface area contributed by atoms with Gasteiger partial charge in [-0.15, -0.1) is 0 Å². The highest BCUT2D eigenvalue weighted by Crippen LogP contribution is 2.09. The number of nitrogens with one attached hydrogen (secondary N) is 2. The number of carbonyl (C=O) groups excluding carboxylic acids is 1. The first-order chi connectivity index (χ1) is 7.18. The second-order valence-corrected chi connectivity index (χ2v) is 3.26. The lowest BCUT2D eigenvalue weighted by Gasteiger charge is -2.02. The van der Waals surface area contributed by atoms with Crippen LogP contribution in [0.15, 0.2) is 35.3 Å². The van der Waals surface area contributed by atoms with Gasteiger partial charge in [0.2, 0.25) is 11.3 Å². The standard InChI is InChI=1S/C11H10N2O2/c1-7(14)13-10-6-12-9-5-3-2-4-8(9)11(10)15/h2-6H,1H3,(H,12,15)(H,13,14).